The third-order valence-corrected chi connectivity index (χ3v) is 3.57. The summed E-state index contributed by atoms with van der Waals surface area (Å²) in [5.74, 6) is 0. The molecule has 0 spiro atoms. The van der Waals surface area contributed by atoms with Gasteiger partial charge in [-0.2, -0.15) is 0 Å². The summed E-state index contributed by atoms with van der Waals surface area (Å²) in [6, 6.07) is 6.42. The Morgan fingerprint density at radius 3 is 3.00 bits per heavy atom. The van der Waals surface area contributed by atoms with Gasteiger partial charge < -0.3 is 9.67 Å². The van der Waals surface area contributed by atoms with Crippen LogP contribution in [-0.4, -0.2) is 14.7 Å². The van der Waals surface area contributed by atoms with E-state index < -0.39 is 0 Å². The second kappa shape index (κ2) is 4.10. The molecule has 2 heterocycles. The van der Waals surface area contributed by atoms with Gasteiger partial charge in [-0.1, -0.05) is 18.2 Å². The van der Waals surface area contributed by atoms with Crippen LogP contribution in [0.4, 0.5) is 0 Å². The number of imidazole rings is 1. The van der Waals surface area contributed by atoms with Crippen molar-refractivity contribution in [1.82, 2.24) is 9.55 Å². The molecule has 1 aromatic heterocycles. The van der Waals surface area contributed by atoms with Crippen LogP contribution in [-0.2, 0) is 19.4 Å². The summed E-state index contributed by atoms with van der Waals surface area (Å²) < 4.78 is 2.09. The summed E-state index contributed by atoms with van der Waals surface area (Å²) >= 11 is 0. The fourth-order valence-electron chi connectivity index (χ4n) is 2.55. The van der Waals surface area contributed by atoms with Gasteiger partial charge in [0.15, 0.2) is 0 Å². The lowest BCUT2D eigenvalue weighted by Crippen LogP contribution is -2.12. The van der Waals surface area contributed by atoms with E-state index in [-0.39, 0.29) is 6.61 Å². The van der Waals surface area contributed by atoms with Crippen LogP contribution in [0.5, 0.6) is 0 Å². The van der Waals surface area contributed by atoms with E-state index >= 15 is 0 Å². The summed E-state index contributed by atoms with van der Waals surface area (Å²) in [5.41, 5.74) is 6.71. The van der Waals surface area contributed by atoms with Crippen molar-refractivity contribution in [2.45, 2.75) is 26.4 Å². The zero-order chi connectivity index (χ0) is 12.7. The number of rotatable bonds is 2. The maximum atomic E-state index is 9.26. The summed E-state index contributed by atoms with van der Waals surface area (Å²) in [7, 11) is 0. The summed E-state index contributed by atoms with van der Waals surface area (Å²) in [6.07, 6.45) is 3.73. The predicted octanol–water partition coefficient (Wildman–Crippen LogP) is 2.50. The normalized spacial score (nSPS) is 13.0. The van der Waals surface area contributed by atoms with Gasteiger partial charge in [-0.05, 0) is 43.0 Å². The van der Waals surface area contributed by atoms with E-state index in [4.69, 9.17) is 0 Å². The largest absolute Gasteiger partial charge is 0.390 e. The maximum Gasteiger partial charge on any atom is 0.0998 e. The molecule has 92 valence electrons. The highest BCUT2D eigenvalue weighted by molar-refractivity contribution is 5.64. The number of aryl methyl sites for hydroxylation is 1. The first-order valence-electron chi connectivity index (χ1n) is 6.16. The van der Waals surface area contributed by atoms with Crippen LogP contribution < -0.4 is 0 Å². The topological polar surface area (TPSA) is 38.1 Å². The van der Waals surface area contributed by atoms with Crippen LogP contribution in [0.3, 0.4) is 0 Å². The van der Waals surface area contributed by atoms with Crippen molar-refractivity contribution in [3.8, 4) is 5.69 Å². The number of benzene rings is 1. The Bertz CT molecular complexity index is 625. The number of aliphatic hydroxyl groups excluding tert-OH is 1. The quantitative estimate of drug-likeness (QED) is 0.875. The van der Waals surface area contributed by atoms with E-state index in [2.05, 4.69) is 34.3 Å². The van der Waals surface area contributed by atoms with Crippen molar-refractivity contribution in [3.63, 3.8) is 0 Å². The van der Waals surface area contributed by atoms with E-state index in [1.54, 1.807) is 6.33 Å². The van der Waals surface area contributed by atoms with Gasteiger partial charge in [-0.25, -0.2) is 4.98 Å². The van der Waals surface area contributed by atoms with Crippen molar-refractivity contribution < 1.29 is 5.11 Å². The first-order valence-corrected chi connectivity index (χ1v) is 6.16. The lowest BCUT2D eigenvalue weighted by Gasteiger charge is -2.20. The number of allylic oxidation sites excluding steroid dienone is 1. The lowest BCUT2D eigenvalue weighted by atomic mass is 9.96. The molecule has 1 aliphatic rings. The first kappa shape index (κ1) is 11.2. The molecule has 3 rings (SSSR count). The second-order valence-electron chi connectivity index (χ2n) is 4.79. The molecule has 0 bridgehead atoms. The number of hydrogen-bond acceptors (Lipinski definition) is 2. The summed E-state index contributed by atoms with van der Waals surface area (Å²) in [6.45, 7) is 6.02. The van der Waals surface area contributed by atoms with Gasteiger partial charge >= 0.3 is 0 Å². The number of nitrogens with zero attached hydrogens (tertiary/aromatic N) is 2. The van der Waals surface area contributed by atoms with E-state index in [1.165, 1.54) is 16.8 Å². The average Bonchev–Trinajstić information content (AvgIpc) is 2.81. The highest BCUT2D eigenvalue weighted by Gasteiger charge is 2.19. The fourth-order valence-corrected chi connectivity index (χ4v) is 2.55. The van der Waals surface area contributed by atoms with Gasteiger partial charge in [-0.3, -0.25) is 0 Å². The molecule has 0 saturated heterocycles. The van der Waals surface area contributed by atoms with Crippen LogP contribution >= 0.6 is 0 Å². The SMILES string of the molecule is C=C(C)c1ccc2c(c1)CCc1c(CO)ncn1-2. The minimum Gasteiger partial charge on any atom is -0.390 e. The van der Waals surface area contributed by atoms with E-state index in [9.17, 15) is 5.11 Å². The molecular weight excluding hydrogens is 224 g/mol. The molecule has 0 aliphatic carbocycles. The molecule has 3 heteroatoms. The first-order chi connectivity index (χ1) is 8.70. The number of hydrogen-bond donors (Lipinski definition) is 1. The fraction of sp³-hybridized carbons (Fsp3) is 0.267. The van der Waals surface area contributed by atoms with Crippen LogP contribution in [0, 0.1) is 0 Å². The van der Waals surface area contributed by atoms with Crippen LogP contribution in [0.15, 0.2) is 31.1 Å². The zero-order valence-electron chi connectivity index (χ0n) is 10.5. The van der Waals surface area contributed by atoms with E-state index in [0.29, 0.717) is 0 Å². The van der Waals surface area contributed by atoms with Gasteiger partial charge in [0.2, 0.25) is 0 Å². The Kier molecular flexibility index (Phi) is 2.56. The Hall–Kier alpha value is -1.87. The van der Waals surface area contributed by atoms with Crippen molar-refractivity contribution in [2.75, 3.05) is 0 Å². The average molecular weight is 240 g/mol. The predicted molar refractivity (Wildman–Crippen MR) is 71.6 cm³/mol. The molecular formula is C15H16N2O. The monoisotopic (exact) mass is 240 g/mol. The van der Waals surface area contributed by atoms with Crippen LogP contribution in [0.1, 0.15) is 29.4 Å². The maximum absolute atomic E-state index is 9.26. The minimum atomic E-state index is 0.0154. The van der Waals surface area contributed by atoms with Crippen molar-refractivity contribution in [3.05, 3.63) is 53.6 Å². The molecule has 0 unspecified atom stereocenters. The zero-order valence-corrected chi connectivity index (χ0v) is 10.5. The molecule has 0 saturated carbocycles. The molecule has 0 radical (unpaired) electrons. The standard InChI is InChI=1S/C15H16N2O/c1-10(2)11-3-5-14-12(7-11)4-6-15-13(8-18)16-9-17(14)15/h3,5,7,9,18H,1,4,6,8H2,2H3. The molecule has 3 nitrogen and oxygen atoms in total. The van der Waals surface area contributed by atoms with E-state index in [0.717, 1.165) is 29.8 Å². The summed E-state index contributed by atoms with van der Waals surface area (Å²) in [5, 5.41) is 9.26. The molecule has 0 amide bonds. The highest BCUT2D eigenvalue weighted by atomic mass is 16.3. The number of aliphatic hydroxyl groups is 1. The number of aromatic nitrogens is 2. The molecule has 1 N–H and O–H groups in total. The third kappa shape index (κ3) is 1.59. The Morgan fingerprint density at radius 2 is 2.28 bits per heavy atom. The molecule has 0 atom stereocenters. The van der Waals surface area contributed by atoms with Crippen LogP contribution in [0.2, 0.25) is 0 Å². The number of fused-ring (bicyclic) bond motifs is 3. The smallest absolute Gasteiger partial charge is 0.0998 e. The Morgan fingerprint density at radius 1 is 1.44 bits per heavy atom. The minimum absolute atomic E-state index is 0.0154. The van der Waals surface area contributed by atoms with Gasteiger partial charge in [0.05, 0.1) is 24.3 Å². The van der Waals surface area contributed by atoms with Gasteiger partial charge in [0.25, 0.3) is 0 Å². The van der Waals surface area contributed by atoms with Crippen molar-refractivity contribution in [2.24, 2.45) is 0 Å². The lowest BCUT2D eigenvalue weighted by molar-refractivity contribution is 0.276. The van der Waals surface area contributed by atoms with Crippen LogP contribution in [0.25, 0.3) is 11.3 Å². The second-order valence-corrected chi connectivity index (χ2v) is 4.79. The Labute approximate surface area is 106 Å². The van der Waals surface area contributed by atoms with Gasteiger partial charge in [0.1, 0.15) is 0 Å². The molecule has 18 heavy (non-hydrogen) atoms. The highest BCUT2D eigenvalue weighted by Crippen LogP contribution is 2.28. The van der Waals surface area contributed by atoms with E-state index in [1.807, 2.05) is 6.92 Å². The van der Waals surface area contributed by atoms with Gasteiger partial charge in [0, 0.05) is 5.69 Å². The Balaban J connectivity index is 2.14. The van der Waals surface area contributed by atoms with Crippen molar-refractivity contribution in [1.29, 1.82) is 0 Å². The molecule has 0 fully saturated rings. The van der Waals surface area contributed by atoms with Gasteiger partial charge in [-0.15, -0.1) is 0 Å². The summed E-state index contributed by atoms with van der Waals surface area (Å²) in [4.78, 5) is 4.27. The molecule has 1 aromatic carbocycles. The third-order valence-electron chi connectivity index (χ3n) is 3.57. The molecule has 1 aliphatic heterocycles. The van der Waals surface area contributed by atoms with Crippen molar-refractivity contribution >= 4 is 5.57 Å². The molecule has 2 aromatic rings.